The van der Waals surface area contributed by atoms with E-state index in [1.165, 1.54) is 6.21 Å². The number of hydrogen-bond donors (Lipinski definition) is 2. The minimum absolute atomic E-state index is 0.248. The van der Waals surface area contributed by atoms with E-state index in [0.29, 0.717) is 26.9 Å². The molecule has 2 amide bonds. The Hall–Kier alpha value is -3.76. The number of hydrogen-bond acceptors (Lipinski definition) is 4. The molecule has 3 aromatic rings. The average Bonchev–Trinajstić information content (AvgIpc) is 2.75. The molecule has 6 nitrogen and oxygen atoms in total. The molecule has 0 saturated carbocycles. The van der Waals surface area contributed by atoms with Crippen molar-refractivity contribution in [1.82, 2.24) is 5.43 Å². The Labute approximate surface area is 176 Å². The number of nitrogens with zero attached hydrogens (tertiary/aromatic N) is 2. The fraction of sp³-hybridized carbons (Fsp3) is 0. The van der Waals surface area contributed by atoms with Gasteiger partial charge in [0.25, 0.3) is 11.8 Å². The Balaban J connectivity index is 1.58. The summed E-state index contributed by atoms with van der Waals surface area (Å²) in [6, 6.07) is 22.5. The van der Waals surface area contributed by atoms with Crippen LogP contribution in [0.1, 0.15) is 31.8 Å². The van der Waals surface area contributed by atoms with Gasteiger partial charge < -0.3 is 5.32 Å². The van der Waals surface area contributed by atoms with Crippen LogP contribution in [0.5, 0.6) is 0 Å². The maximum Gasteiger partial charge on any atom is 0.271 e. The van der Waals surface area contributed by atoms with Gasteiger partial charge in [-0.2, -0.15) is 10.4 Å². The molecule has 29 heavy (non-hydrogen) atoms. The number of nitriles is 1. The molecule has 2 N–H and O–H groups in total. The Morgan fingerprint density at radius 1 is 0.931 bits per heavy atom. The van der Waals surface area contributed by atoms with Gasteiger partial charge in [-0.15, -0.1) is 0 Å². The summed E-state index contributed by atoms with van der Waals surface area (Å²) in [5.41, 5.74) is 5.25. The van der Waals surface area contributed by atoms with Crippen molar-refractivity contribution in [3.05, 3.63) is 99.5 Å². The van der Waals surface area contributed by atoms with E-state index >= 15 is 0 Å². The highest BCUT2D eigenvalue weighted by molar-refractivity contribution is 9.10. The topological polar surface area (TPSA) is 94.3 Å². The van der Waals surface area contributed by atoms with Crippen molar-refractivity contribution in [2.75, 3.05) is 5.32 Å². The normalized spacial score (nSPS) is 10.3. The van der Waals surface area contributed by atoms with E-state index in [-0.39, 0.29) is 11.8 Å². The number of rotatable bonds is 5. The minimum Gasteiger partial charge on any atom is -0.322 e. The molecule has 0 bridgehead atoms. The molecule has 0 fully saturated rings. The number of nitrogens with one attached hydrogen (secondary N) is 2. The summed E-state index contributed by atoms with van der Waals surface area (Å²) < 4.78 is 0.702. The van der Waals surface area contributed by atoms with Crippen molar-refractivity contribution in [2.45, 2.75) is 0 Å². The third kappa shape index (κ3) is 5.37. The van der Waals surface area contributed by atoms with Gasteiger partial charge in [0.15, 0.2) is 0 Å². The Morgan fingerprint density at radius 2 is 1.62 bits per heavy atom. The van der Waals surface area contributed by atoms with Gasteiger partial charge in [-0.1, -0.05) is 24.3 Å². The van der Waals surface area contributed by atoms with Crippen LogP contribution in [-0.4, -0.2) is 18.0 Å². The predicted molar refractivity (Wildman–Crippen MR) is 115 cm³/mol. The van der Waals surface area contributed by atoms with Gasteiger partial charge in [-0.05, 0) is 70.0 Å². The third-order valence-corrected chi connectivity index (χ3v) is 4.63. The molecule has 0 saturated heterocycles. The van der Waals surface area contributed by atoms with Crippen molar-refractivity contribution < 1.29 is 9.59 Å². The van der Waals surface area contributed by atoms with Crippen LogP contribution >= 0.6 is 15.9 Å². The number of halogens is 1. The number of amides is 2. The van der Waals surface area contributed by atoms with Crippen molar-refractivity contribution in [1.29, 1.82) is 5.26 Å². The van der Waals surface area contributed by atoms with Crippen LogP contribution in [-0.2, 0) is 0 Å². The van der Waals surface area contributed by atoms with Crippen LogP contribution in [0.15, 0.2) is 82.4 Å². The number of carbonyl (C=O) groups excluding carboxylic acids is 2. The van der Waals surface area contributed by atoms with Crippen LogP contribution < -0.4 is 10.7 Å². The number of anilines is 1. The summed E-state index contributed by atoms with van der Waals surface area (Å²) in [5.74, 6) is -0.625. The lowest BCUT2D eigenvalue weighted by Gasteiger charge is -2.07. The molecule has 0 aliphatic rings. The van der Waals surface area contributed by atoms with Crippen molar-refractivity contribution in [2.24, 2.45) is 5.10 Å². The molecular weight excluding hydrogens is 432 g/mol. The molecule has 0 unspecified atom stereocenters. The highest BCUT2D eigenvalue weighted by Gasteiger charge is 2.10. The average molecular weight is 447 g/mol. The molecule has 0 aliphatic carbocycles. The molecule has 3 rings (SSSR count). The van der Waals surface area contributed by atoms with E-state index in [2.05, 4.69) is 31.8 Å². The summed E-state index contributed by atoms with van der Waals surface area (Å²) in [6.07, 6.45) is 1.49. The molecule has 0 aliphatic heterocycles. The molecule has 0 atom stereocenters. The summed E-state index contributed by atoms with van der Waals surface area (Å²) in [5, 5.41) is 15.5. The van der Waals surface area contributed by atoms with Gasteiger partial charge in [0.2, 0.25) is 0 Å². The first-order valence-electron chi connectivity index (χ1n) is 8.56. The van der Waals surface area contributed by atoms with Gasteiger partial charge in [0.05, 0.1) is 23.4 Å². The van der Waals surface area contributed by atoms with Crippen LogP contribution in [0.25, 0.3) is 0 Å². The van der Waals surface area contributed by atoms with Gasteiger partial charge in [-0.25, -0.2) is 5.43 Å². The first-order chi connectivity index (χ1) is 14.1. The van der Waals surface area contributed by atoms with E-state index in [1.54, 1.807) is 66.7 Å². The molecule has 7 heteroatoms. The summed E-state index contributed by atoms with van der Waals surface area (Å²) >= 11 is 3.35. The fourth-order valence-electron chi connectivity index (χ4n) is 2.42. The maximum absolute atomic E-state index is 12.3. The van der Waals surface area contributed by atoms with E-state index in [1.807, 2.05) is 12.1 Å². The van der Waals surface area contributed by atoms with Crippen LogP contribution in [0.4, 0.5) is 5.69 Å². The summed E-state index contributed by atoms with van der Waals surface area (Å²) in [6.45, 7) is 0. The Kier molecular flexibility index (Phi) is 6.51. The standard InChI is InChI=1S/C22H15BrN4O2/c23-20-4-2-1-3-19(20)22(29)26-18-11-9-17(10-12-18)21(28)27-25-14-16-7-5-15(13-24)6-8-16/h1-12,14H,(H,26,29)(H,27,28)/b25-14-. The van der Waals surface area contributed by atoms with E-state index < -0.39 is 0 Å². The monoisotopic (exact) mass is 446 g/mol. The van der Waals surface area contributed by atoms with E-state index in [0.717, 1.165) is 5.56 Å². The lowest BCUT2D eigenvalue weighted by molar-refractivity contribution is 0.0954. The van der Waals surface area contributed by atoms with Crippen molar-refractivity contribution in [3.8, 4) is 6.07 Å². The van der Waals surface area contributed by atoms with Gasteiger partial charge >= 0.3 is 0 Å². The first kappa shape index (κ1) is 20.0. The van der Waals surface area contributed by atoms with Crippen LogP contribution in [0, 0.1) is 11.3 Å². The number of hydrazone groups is 1. The van der Waals surface area contributed by atoms with Gasteiger partial charge in [0, 0.05) is 15.7 Å². The Bertz CT molecular complexity index is 1100. The molecule has 0 spiro atoms. The lowest BCUT2D eigenvalue weighted by atomic mass is 10.1. The molecule has 0 heterocycles. The summed E-state index contributed by atoms with van der Waals surface area (Å²) in [4.78, 5) is 24.5. The zero-order valence-corrected chi connectivity index (χ0v) is 16.7. The zero-order valence-electron chi connectivity index (χ0n) is 15.1. The molecule has 0 aromatic heterocycles. The zero-order chi connectivity index (χ0) is 20.6. The van der Waals surface area contributed by atoms with Crippen LogP contribution in [0.3, 0.4) is 0 Å². The molecule has 3 aromatic carbocycles. The Morgan fingerprint density at radius 3 is 2.28 bits per heavy atom. The second-order valence-electron chi connectivity index (χ2n) is 5.94. The van der Waals surface area contributed by atoms with E-state index in [9.17, 15) is 9.59 Å². The SMILES string of the molecule is N#Cc1ccc(/C=N\NC(=O)c2ccc(NC(=O)c3ccccc3Br)cc2)cc1. The molecular formula is C22H15BrN4O2. The number of benzene rings is 3. The second-order valence-corrected chi connectivity index (χ2v) is 6.80. The second kappa shape index (κ2) is 9.44. The van der Waals surface area contributed by atoms with Crippen molar-refractivity contribution in [3.63, 3.8) is 0 Å². The smallest absolute Gasteiger partial charge is 0.271 e. The predicted octanol–water partition coefficient (Wildman–Crippen LogP) is 4.34. The lowest BCUT2D eigenvalue weighted by Crippen LogP contribution is -2.18. The maximum atomic E-state index is 12.3. The van der Waals surface area contributed by atoms with Crippen molar-refractivity contribution >= 4 is 39.6 Å². The van der Waals surface area contributed by atoms with E-state index in [4.69, 9.17) is 5.26 Å². The first-order valence-corrected chi connectivity index (χ1v) is 9.35. The molecule has 0 radical (unpaired) electrons. The van der Waals surface area contributed by atoms with Gasteiger partial charge in [-0.3, -0.25) is 9.59 Å². The van der Waals surface area contributed by atoms with Gasteiger partial charge in [0.1, 0.15) is 0 Å². The van der Waals surface area contributed by atoms with Crippen LogP contribution in [0.2, 0.25) is 0 Å². The quantitative estimate of drug-likeness (QED) is 0.450. The number of carbonyl (C=O) groups is 2. The highest BCUT2D eigenvalue weighted by atomic mass is 79.9. The summed E-state index contributed by atoms with van der Waals surface area (Å²) in [7, 11) is 0. The fourth-order valence-corrected chi connectivity index (χ4v) is 2.89. The molecule has 142 valence electrons. The largest absolute Gasteiger partial charge is 0.322 e. The third-order valence-electron chi connectivity index (χ3n) is 3.94. The highest BCUT2D eigenvalue weighted by Crippen LogP contribution is 2.18. The minimum atomic E-state index is -0.376.